The predicted molar refractivity (Wildman–Crippen MR) is 69.6 cm³/mol. The summed E-state index contributed by atoms with van der Waals surface area (Å²) in [6, 6.07) is 6.97. The number of carboxylic acid groups (broad SMARTS) is 1. The number of benzene rings is 1. The van der Waals surface area contributed by atoms with Gasteiger partial charge in [-0.1, -0.05) is 17.3 Å². The zero-order valence-corrected chi connectivity index (χ0v) is 10.9. The number of carbonyl (C=O) groups is 1. The lowest BCUT2D eigenvalue weighted by atomic mass is 10.1. The van der Waals surface area contributed by atoms with E-state index in [-0.39, 0.29) is 18.7 Å². The summed E-state index contributed by atoms with van der Waals surface area (Å²) in [5, 5.41) is 16.6. The fourth-order valence-corrected chi connectivity index (χ4v) is 1.93. The van der Waals surface area contributed by atoms with Gasteiger partial charge in [-0.3, -0.25) is 4.39 Å². The number of hydrogen-bond acceptors (Lipinski definition) is 4. The molecule has 1 aromatic carbocycles. The van der Waals surface area contributed by atoms with Gasteiger partial charge in [-0.2, -0.15) is 0 Å². The van der Waals surface area contributed by atoms with Gasteiger partial charge in [-0.15, -0.1) is 5.10 Å². The maximum Gasteiger partial charge on any atom is 0.358 e. The van der Waals surface area contributed by atoms with Crippen LogP contribution in [0.4, 0.5) is 4.39 Å². The van der Waals surface area contributed by atoms with E-state index in [1.807, 2.05) is 0 Å². The lowest BCUT2D eigenvalue weighted by Gasteiger charge is -2.10. The molecule has 0 unspecified atom stereocenters. The average Bonchev–Trinajstić information content (AvgIpc) is 2.88. The molecule has 1 N–H and O–H groups in total. The number of aryl methyl sites for hydroxylation is 1. The summed E-state index contributed by atoms with van der Waals surface area (Å²) in [5.41, 5.74) is 0.716. The van der Waals surface area contributed by atoms with Gasteiger partial charge in [0.1, 0.15) is 11.4 Å². The molecule has 0 aliphatic heterocycles. The minimum Gasteiger partial charge on any atom is -0.496 e. The summed E-state index contributed by atoms with van der Waals surface area (Å²) in [7, 11) is 1.50. The Morgan fingerprint density at radius 3 is 2.85 bits per heavy atom. The first-order valence-electron chi connectivity index (χ1n) is 6.05. The van der Waals surface area contributed by atoms with Crippen molar-refractivity contribution in [3.8, 4) is 17.0 Å². The van der Waals surface area contributed by atoms with Gasteiger partial charge in [0, 0.05) is 12.1 Å². The molecule has 0 radical (unpaired) electrons. The number of nitrogens with zero attached hydrogens (tertiary/aromatic N) is 3. The van der Waals surface area contributed by atoms with Gasteiger partial charge < -0.3 is 9.84 Å². The van der Waals surface area contributed by atoms with E-state index in [0.717, 1.165) is 0 Å². The number of ether oxygens (including phenoxy) is 1. The van der Waals surface area contributed by atoms with Crippen molar-refractivity contribution in [2.75, 3.05) is 13.8 Å². The maximum absolute atomic E-state index is 12.3. The molecular weight excluding hydrogens is 265 g/mol. The van der Waals surface area contributed by atoms with Crippen LogP contribution in [-0.2, 0) is 6.54 Å². The van der Waals surface area contributed by atoms with E-state index < -0.39 is 12.6 Å². The molecule has 20 heavy (non-hydrogen) atoms. The summed E-state index contributed by atoms with van der Waals surface area (Å²) >= 11 is 0. The number of hydrogen-bond donors (Lipinski definition) is 1. The molecule has 0 aliphatic carbocycles. The van der Waals surface area contributed by atoms with Crippen LogP contribution in [0.3, 0.4) is 0 Å². The summed E-state index contributed by atoms with van der Waals surface area (Å²) in [4.78, 5) is 11.3. The van der Waals surface area contributed by atoms with Crippen LogP contribution in [0.1, 0.15) is 16.9 Å². The SMILES string of the molecule is COc1ccccc1-c1c(C(=O)O)nnn1CCCF. The van der Waals surface area contributed by atoms with Crippen molar-refractivity contribution >= 4 is 5.97 Å². The minimum absolute atomic E-state index is 0.173. The molecule has 0 saturated heterocycles. The highest BCUT2D eigenvalue weighted by molar-refractivity contribution is 5.93. The molecule has 0 saturated carbocycles. The number of alkyl halides is 1. The van der Waals surface area contributed by atoms with Gasteiger partial charge in [0.25, 0.3) is 0 Å². The lowest BCUT2D eigenvalue weighted by Crippen LogP contribution is -2.06. The van der Waals surface area contributed by atoms with Crippen molar-refractivity contribution in [1.29, 1.82) is 0 Å². The molecule has 0 atom stereocenters. The zero-order valence-electron chi connectivity index (χ0n) is 10.9. The first-order chi connectivity index (χ1) is 9.69. The van der Waals surface area contributed by atoms with E-state index in [1.54, 1.807) is 24.3 Å². The third-order valence-corrected chi connectivity index (χ3v) is 2.80. The molecule has 7 heteroatoms. The Hall–Kier alpha value is -2.44. The van der Waals surface area contributed by atoms with Crippen molar-refractivity contribution in [3.05, 3.63) is 30.0 Å². The Kier molecular flexibility index (Phi) is 4.29. The molecule has 106 valence electrons. The van der Waals surface area contributed by atoms with Gasteiger partial charge in [0.2, 0.25) is 0 Å². The average molecular weight is 279 g/mol. The lowest BCUT2D eigenvalue weighted by molar-refractivity contribution is 0.0691. The second-order valence-electron chi connectivity index (χ2n) is 4.06. The highest BCUT2D eigenvalue weighted by Gasteiger charge is 2.22. The molecule has 2 rings (SSSR count). The fraction of sp³-hybridized carbons (Fsp3) is 0.308. The molecule has 6 nitrogen and oxygen atoms in total. The first kappa shape index (κ1) is 14.0. The molecule has 0 fully saturated rings. The third kappa shape index (κ3) is 2.61. The third-order valence-electron chi connectivity index (χ3n) is 2.80. The van der Waals surface area contributed by atoms with E-state index in [9.17, 15) is 14.3 Å². The van der Waals surface area contributed by atoms with E-state index in [1.165, 1.54) is 11.8 Å². The number of halogens is 1. The molecular formula is C13H14FN3O3. The molecule has 2 aromatic rings. The van der Waals surface area contributed by atoms with Gasteiger partial charge in [-0.25, -0.2) is 9.48 Å². The first-order valence-corrected chi connectivity index (χ1v) is 6.05. The number of aromatic carboxylic acids is 1. The molecule has 0 spiro atoms. The molecule has 1 aromatic heterocycles. The summed E-state index contributed by atoms with van der Waals surface area (Å²) in [6.07, 6.45) is 0.241. The Bertz CT molecular complexity index is 613. The standard InChI is InChI=1S/C13H14FN3O3/c1-20-10-6-3-2-5-9(10)12-11(13(18)19)15-16-17(12)8-4-7-14/h2-3,5-6H,4,7-8H2,1H3,(H,18,19). The van der Waals surface area contributed by atoms with E-state index >= 15 is 0 Å². The van der Waals surface area contributed by atoms with Crippen LogP contribution >= 0.6 is 0 Å². The normalized spacial score (nSPS) is 10.5. The molecule has 0 amide bonds. The molecule has 0 aliphatic rings. The largest absolute Gasteiger partial charge is 0.496 e. The van der Waals surface area contributed by atoms with Crippen LogP contribution < -0.4 is 4.74 Å². The molecule has 1 heterocycles. The van der Waals surface area contributed by atoms with Crippen molar-refractivity contribution in [1.82, 2.24) is 15.0 Å². The number of methoxy groups -OCH3 is 1. The summed E-state index contributed by atoms with van der Waals surface area (Å²) in [6.45, 7) is -0.252. The number of aromatic nitrogens is 3. The van der Waals surface area contributed by atoms with Crippen LogP contribution in [0.25, 0.3) is 11.3 Å². The summed E-state index contributed by atoms with van der Waals surface area (Å²) in [5.74, 6) is -0.670. The van der Waals surface area contributed by atoms with E-state index in [0.29, 0.717) is 17.0 Å². The number of para-hydroxylation sites is 1. The van der Waals surface area contributed by atoms with E-state index in [2.05, 4.69) is 10.3 Å². The van der Waals surface area contributed by atoms with Gasteiger partial charge >= 0.3 is 5.97 Å². The predicted octanol–water partition coefficient (Wildman–Crippen LogP) is 2.01. The van der Waals surface area contributed by atoms with Crippen LogP contribution in [0.5, 0.6) is 5.75 Å². The highest BCUT2D eigenvalue weighted by Crippen LogP contribution is 2.31. The number of carboxylic acids is 1. The van der Waals surface area contributed by atoms with Gasteiger partial charge in [-0.05, 0) is 18.6 Å². The minimum atomic E-state index is -1.18. The Morgan fingerprint density at radius 1 is 1.45 bits per heavy atom. The Labute approximate surface area is 114 Å². The zero-order chi connectivity index (χ0) is 14.5. The number of rotatable bonds is 6. The van der Waals surface area contributed by atoms with Crippen molar-refractivity contribution in [3.63, 3.8) is 0 Å². The monoisotopic (exact) mass is 279 g/mol. The Balaban J connectivity index is 2.57. The fourth-order valence-electron chi connectivity index (χ4n) is 1.93. The van der Waals surface area contributed by atoms with Crippen molar-refractivity contribution in [2.24, 2.45) is 0 Å². The maximum atomic E-state index is 12.3. The molecule has 0 bridgehead atoms. The smallest absolute Gasteiger partial charge is 0.358 e. The Morgan fingerprint density at radius 2 is 2.20 bits per heavy atom. The topological polar surface area (TPSA) is 77.2 Å². The van der Waals surface area contributed by atoms with Crippen LogP contribution in [0, 0.1) is 0 Å². The second-order valence-corrected chi connectivity index (χ2v) is 4.06. The van der Waals surface area contributed by atoms with Crippen LogP contribution in [0.15, 0.2) is 24.3 Å². The van der Waals surface area contributed by atoms with E-state index in [4.69, 9.17) is 4.74 Å². The quantitative estimate of drug-likeness (QED) is 0.875. The van der Waals surface area contributed by atoms with Gasteiger partial charge in [0.15, 0.2) is 5.69 Å². The highest BCUT2D eigenvalue weighted by atomic mass is 19.1. The second kappa shape index (κ2) is 6.14. The van der Waals surface area contributed by atoms with Gasteiger partial charge in [0.05, 0.1) is 13.8 Å². The van der Waals surface area contributed by atoms with Crippen molar-refractivity contribution < 1.29 is 19.0 Å². The van der Waals surface area contributed by atoms with Crippen LogP contribution in [0.2, 0.25) is 0 Å². The van der Waals surface area contributed by atoms with Crippen LogP contribution in [-0.4, -0.2) is 39.9 Å². The summed E-state index contributed by atoms with van der Waals surface area (Å²) < 4.78 is 18.9. The van der Waals surface area contributed by atoms with Crippen molar-refractivity contribution in [2.45, 2.75) is 13.0 Å².